The summed E-state index contributed by atoms with van der Waals surface area (Å²) in [4.78, 5) is 34.6. The number of benzene rings is 2. The highest BCUT2D eigenvalue weighted by atomic mass is 35.5. The lowest BCUT2D eigenvalue weighted by Gasteiger charge is -2.13. The number of nitro benzene ring substituents is 1. The van der Waals surface area contributed by atoms with E-state index in [2.05, 4.69) is 5.10 Å². The highest BCUT2D eigenvalue weighted by molar-refractivity contribution is 6.34. The third-order valence-corrected chi connectivity index (χ3v) is 4.62. The van der Waals surface area contributed by atoms with Crippen molar-refractivity contribution >= 4 is 46.6 Å². The van der Waals surface area contributed by atoms with Gasteiger partial charge in [-0.1, -0.05) is 11.6 Å². The number of amides is 1. The van der Waals surface area contributed by atoms with Crippen LogP contribution in [-0.4, -0.2) is 39.8 Å². The number of phenolic OH excluding ortho intramolecular Hbond substituents is 1. The van der Waals surface area contributed by atoms with E-state index >= 15 is 0 Å². The predicted octanol–water partition coefficient (Wildman–Crippen LogP) is 3.47. The number of carbonyl (C=O) groups excluding carboxylic acids is 1. The molecule has 11 heteroatoms. The zero-order chi connectivity index (χ0) is 22.2. The van der Waals surface area contributed by atoms with Crippen molar-refractivity contribution in [3.63, 3.8) is 0 Å². The standard InChI is InChI=1S/C19H14ClN3O7/c1-9-12(5-10-6-15(23(28)29)17(24)16(7-10)30-2)18(25)22(21-9)11-3-4-14(20)13(8-11)19(26)27/h3-8,24H,1-2H3,(H,26,27)/b12-5+. The predicted molar refractivity (Wildman–Crippen MR) is 108 cm³/mol. The second kappa shape index (κ2) is 7.84. The Kier molecular flexibility index (Phi) is 5.43. The molecule has 0 unspecified atom stereocenters. The van der Waals surface area contributed by atoms with E-state index in [0.717, 1.165) is 11.1 Å². The Morgan fingerprint density at radius 1 is 1.33 bits per heavy atom. The maximum absolute atomic E-state index is 12.9. The van der Waals surface area contributed by atoms with E-state index in [1.807, 2.05) is 0 Å². The van der Waals surface area contributed by atoms with Crippen LogP contribution in [0.4, 0.5) is 11.4 Å². The first-order valence-electron chi connectivity index (χ1n) is 8.34. The molecule has 1 aliphatic heterocycles. The fourth-order valence-electron chi connectivity index (χ4n) is 2.83. The highest BCUT2D eigenvalue weighted by Crippen LogP contribution is 2.38. The maximum atomic E-state index is 12.9. The third kappa shape index (κ3) is 3.67. The van der Waals surface area contributed by atoms with Crippen LogP contribution in [0, 0.1) is 10.1 Å². The Bertz CT molecular complexity index is 1160. The number of nitrogens with zero attached hydrogens (tertiary/aromatic N) is 3. The van der Waals surface area contributed by atoms with Gasteiger partial charge in [0.2, 0.25) is 5.75 Å². The summed E-state index contributed by atoms with van der Waals surface area (Å²) in [5.41, 5.74) is 0.0932. The SMILES string of the molecule is COc1cc(/C=C2/C(=O)N(c3ccc(Cl)c(C(=O)O)c3)N=C2C)cc([N+](=O)[O-])c1O. The van der Waals surface area contributed by atoms with Gasteiger partial charge < -0.3 is 14.9 Å². The number of nitro groups is 1. The van der Waals surface area contributed by atoms with Gasteiger partial charge in [0, 0.05) is 6.07 Å². The first-order valence-corrected chi connectivity index (χ1v) is 8.71. The van der Waals surface area contributed by atoms with E-state index in [4.69, 9.17) is 16.3 Å². The molecule has 0 saturated heterocycles. The molecule has 2 aromatic carbocycles. The lowest BCUT2D eigenvalue weighted by molar-refractivity contribution is -0.386. The highest BCUT2D eigenvalue weighted by Gasteiger charge is 2.30. The number of aromatic carboxylic acids is 1. The molecule has 0 aromatic heterocycles. The van der Waals surface area contributed by atoms with Gasteiger partial charge in [0.1, 0.15) is 0 Å². The molecule has 1 aliphatic rings. The number of hydrogen-bond donors (Lipinski definition) is 2. The van der Waals surface area contributed by atoms with Gasteiger partial charge in [-0.05, 0) is 42.8 Å². The Hall–Kier alpha value is -3.92. The number of hydrogen-bond acceptors (Lipinski definition) is 7. The number of ether oxygens (including phenoxy) is 1. The van der Waals surface area contributed by atoms with Crippen molar-refractivity contribution in [3.8, 4) is 11.5 Å². The molecule has 10 nitrogen and oxygen atoms in total. The molecular weight excluding hydrogens is 418 g/mol. The first-order chi connectivity index (χ1) is 14.1. The molecule has 2 aromatic rings. The topological polar surface area (TPSA) is 143 Å². The van der Waals surface area contributed by atoms with Crippen LogP contribution in [0.25, 0.3) is 6.08 Å². The van der Waals surface area contributed by atoms with Crippen LogP contribution >= 0.6 is 11.6 Å². The molecular formula is C19H14ClN3O7. The number of rotatable bonds is 5. The lowest BCUT2D eigenvalue weighted by atomic mass is 10.1. The van der Waals surface area contributed by atoms with E-state index in [0.29, 0.717) is 5.71 Å². The van der Waals surface area contributed by atoms with Crippen LogP contribution in [0.2, 0.25) is 5.02 Å². The monoisotopic (exact) mass is 431 g/mol. The molecule has 0 fully saturated rings. The Labute approximate surface area is 174 Å². The van der Waals surface area contributed by atoms with Crippen molar-refractivity contribution < 1.29 is 29.5 Å². The van der Waals surface area contributed by atoms with Crippen LogP contribution in [0.1, 0.15) is 22.8 Å². The van der Waals surface area contributed by atoms with Crippen molar-refractivity contribution in [2.75, 3.05) is 12.1 Å². The summed E-state index contributed by atoms with van der Waals surface area (Å²) in [6.07, 6.45) is 1.37. The Morgan fingerprint density at radius 2 is 2.03 bits per heavy atom. The molecule has 154 valence electrons. The van der Waals surface area contributed by atoms with Crippen LogP contribution in [0.5, 0.6) is 11.5 Å². The summed E-state index contributed by atoms with van der Waals surface area (Å²) in [6.45, 7) is 1.56. The van der Waals surface area contributed by atoms with Gasteiger partial charge in [0.05, 0.1) is 39.6 Å². The maximum Gasteiger partial charge on any atom is 0.337 e. The quantitative estimate of drug-likeness (QED) is 0.419. The van der Waals surface area contributed by atoms with E-state index in [1.54, 1.807) is 6.92 Å². The molecule has 0 spiro atoms. The van der Waals surface area contributed by atoms with Crippen molar-refractivity contribution in [2.45, 2.75) is 6.92 Å². The normalized spacial score (nSPS) is 14.8. The lowest BCUT2D eigenvalue weighted by Crippen LogP contribution is -2.21. The largest absolute Gasteiger partial charge is 0.500 e. The second-order valence-electron chi connectivity index (χ2n) is 6.18. The van der Waals surface area contributed by atoms with Crippen LogP contribution < -0.4 is 9.75 Å². The fraction of sp³-hybridized carbons (Fsp3) is 0.105. The molecule has 2 N–H and O–H groups in total. The van der Waals surface area contributed by atoms with Crippen LogP contribution in [0.15, 0.2) is 41.0 Å². The van der Waals surface area contributed by atoms with E-state index in [1.165, 1.54) is 37.5 Å². The van der Waals surface area contributed by atoms with Crippen molar-refractivity contribution in [1.29, 1.82) is 0 Å². The molecule has 1 amide bonds. The van der Waals surface area contributed by atoms with E-state index in [-0.39, 0.29) is 33.2 Å². The Balaban J connectivity index is 2.04. The average Bonchev–Trinajstić information content (AvgIpc) is 2.97. The van der Waals surface area contributed by atoms with Gasteiger partial charge in [0.15, 0.2) is 5.75 Å². The molecule has 1 heterocycles. The van der Waals surface area contributed by atoms with Crippen molar-refractivity contribution in [2.24, 2.45) is 5.10 Å². The summed E-state index contributed by atoms with van der Waals surface area (Å²) in [5.74, 6) is -2.58. The van der Waals surface area contributed by atoms with Crippen LogP contribution in [-0.2, 0) is 4.79 Å². The summed E-state index contributed by atoms with van der Waals surface area (Å²) in [7, 11) is 1.24. The third-order valence-electron chi connectivity index (χ3n) is 4.29. The minimum atomic E-state index is -1.26. The van der Waals surface area contributed by atoms with Gasteiger partial charge in [-0.15, -0.1) is 0 Å². The van der Waals surface area contributed by atoms with E-state index < -0.39 is 28.2 Å². The number of hydrazone groups is 1. The second-order valence-corrected chi connectivity index (χ2v) is 6.58. The smallest absolute Gasteiger partial charge is 0.337 e. The van der Waals surface area contributed by atoms with Gasteiger partial charge in [-0.3, -0.25) is 14.9 Å². The molecule has 30 heavy (non-hydrogen) atoms. The number of aromatic hydroxyl groups is 1. The Morgan fingerprint density at radius 3 is 2.63 bits per heavy atom. The van der Waals surface area contributed by atoms with Crippen LogP contribution in [0.3, 0.4) is 0 Å². The minimum absolute atomic E-state index is 0.0119. The molecule has 3 rings (SSSR count). The van der Waals surface area contributed by atoms with Crippen molar-refractivity contribution in [1.82, 2.24) is 0 Å². The number of carboxylic acid groups (broad SMARTS) is 1. The molecule has 0 atom stereocenters. The number of halogens is 1. The molecule has 0 saturated carbocycles. The number of methoxy groups -OCH3 is 1. The number of phenols is 1. The average molecular weight is 432 g/mol. The first kappa shape index (κ1) is 20.8. The molecule has 0 radical (unpaired) electrons. The van der Waals surface area contributed by atoms with Gasteiger partial charge in [-0.25, -0.2) is 4.79 Å². The number of carboxylic acids is 1. The summed E-state index contributed by atoms with van der Waals surface area (Å²) in [5, 5.41) is 35.4. The number of anilines is 1. The number of carbonyl (C=O) groups is 2. The summed E-state index contributed by atoms with van der Waals surface area (Å²) in [6, 6.07) is 6.44. The zero-order valence-electron chi connectivity index (χ0n) is 15.6. The summed E-state index contributed by atoms with van der Waals surface area (Å²) < 4.78 is 4.95. The summed E-state index contributed by atoms with van der Waals surface area (Å²) >= 11 is 5.86. The zero-order valence-corrected chi connectivity index (χ0v) is 16.4. The van der Waals surface area contributed by atoms with E-state index in [9.17, 15) is 29.9 Å². The fourth-order valence-corrected chi connectivity index (χ4v) is 3.03. The molecule has 0 bridgehead atoms. The minimum Gasteiger partial charge on any atom is -0.500 e. The molecule has 0 aliphatic carbocycles. The van der Waals surface area contributed by atoms with Gasteiger partial charge in [0.25, 0.3) is 5.91 Å². The van der Waals surface area contributed by atoms with Gasteiger partial charge >= 0.3 is 11.7 Å². The van der Waals surface area contributed by atoms with Crippen molar-refractivity contribution in [3.05, 3.63) is 62.2 Å². The van der Waals surface area contributed by atoms with Gasteiger partial charge in [-0.2, -0.15) is 10.1 Å².